The molecule has 126 valence electrons. The topological polar surface area (TPSA) is 58.2 Å². The summed E-state index contributed by atoms with van der Waals surface area (Å²) in [5.74, 6) is -0.0163. The Bertz CT molecular complexity index is 893. The van der Waals surface area contributed by atoms with Crippen LogP contribution in [0.4, 0.5) is 10.5 Å². The van der Waals surface area contributed by atoms with Crippen molar-refractivity contribution in [2.45, 2.75) is 6.54 Å². The Balaban J connectivity index is 1.58. The zero-order valence-electron chi connectivity index (χ0n) is 13.2. The summed E-state index contributed by atoms with van der Waals surface area (Å²) in [6.07, 6.45) is 0. The summed E-state index contributed by atoms with van der Waals surface area (Å²) >= 11 is 7.37. The molecule has 0 saturated carbocycles. The number of hydrogen-bond donors (Lipinski definition) is 2. The summed E-state index contributed by atoms with van der Waals surface area (Å²) in [7, 11) is 0. The third-order valence-corrected chi connectivity index (χ3v) is 4.88. The molecule has 0 saturated heterocycles. The van der Waals surface area contributed by atoms with Crippen LogP contribution in [0.15, 0.2) is 66.7 Å². The number of anilines is 1. The highest BCUT2D eigenvalue weighted by molar-refractivity contribution is 7.14. The molecule has 25 heavy (non-hydrogen) atoms. The number of halogens is 1. The molecule has 0 spiro atoms. The van der Waals surface area contributed by atoms with Gasteiger partial charge in [0.25, 0.3) is 0 Å². The predicted octanol–water partition coefficient (Wildman–Crippen LogP) is 4.95. The van der Waals surface area contributed by atoms with Gasteiger partial charge in [0.05, 0.1) is 22.1 Å². The number of rotatable bonds is 5. The number of thiophene rings is 1. The largest absolute Gasteiger partial charge is 0.333 e. The number of urea groups is 1. The Morgan fingerprint density at radius 2 is 1.64 bits per heavy atom. The lowest BCUT2D eigenvalue weighted by atomic mass is 10.1. The van der Waals surface area contributed by atoms with E-state index in [1.807, 2.05) is 24.3 Å². The van der Waals surface area contributed by atoms with E-state index >= 15 is 0 Å². The standard InChI is InChI=1S/C19H15ClN2O2S/c20-15-8-4-5-9-16(15)22-19(24)21-12-14-10-11-17(25-14)18(23)13-6-2-1-3-7-13/h1-11H,12H2,(H2,21,22,24). The summed E-state index contributed by atoms with van der Waals surface area (Å²) in [4.78, 5) is 25.9. The first kappa shape index (κ1) is 17.2. The average molecular weight is 371 g/mol. The summed E-state index contributed by atoms with van der Waals surface area (Å²) in [5.41, 5.74) is 1.20. The first-order valence-electron chi connectivity index (χ1n) is 7.61. The molecular weight excluding hydrogens is 356 g/mol. The maximum absolute atomic E-state index is 12.4. The lowest BCUT2D eigenvalue weighted by Crippen LogP contribution is -2.27. The quantitative estimate of drug-likeness (QED) is 0.624. The van der Waals surface area contributed by atoms with Crippen molar-refractivity contribution in [1.82, 2.24) is 5.32 Å². The molecule has 0 aliphatic heterocycles. The highest BCUT2D eigenvalue weighted by atomic mass is 35.5. The van der Waals surface area contributed by atoms with Crippen LogP contribution in [0.2, 0.25) is 5.02 Å². The van der Waals surface area contributed by atoms with Crippen LogP contribution < -0.4 is 10.6 Å². The maximum atomic E-state index is 12.4. The Morgan fingerprint density at radius 3 is 2.40 bits per heavy atom. The minimum atomic E-state index is -0.350. The van der Waals surface area contributed by atoms with Crippen molar-refractivity contribution < 1.29 is 9.59 Å². The molecule has 0 bridgehead atoms. The van der Waals surface area contributed by atoms with Gasteiger partial charge in [-0.2, -0.15) is 0 Å². The van der Waals surface area contributed by atoms with Crippen molar-refractivity contribution in [2.75, 3.05) is 5.32 Å². The van der Waals surface area contributed by atoms with Gasteiger partial charge in [-0.15, -0.1) is 11.3 Å². The predicted molar refractivity (Wildman–Crippen MR) is 102 cm³/mol. The summed E-state index contributed by atoms with van der Waals surface area (Å²) in [5, 5.41) is 5.93. The highest BCUT2D eigenvalue weighted by Crippen LogP contribution is 2.21. The van der Waals surface area contributed by atoms with Crippen LogP contribution in [0.25, 0.3) is 0 Å². The van der Waals surface area contributed by atoms with Gasteiger partial charge in [-0.3, -0.25) is 4.79 Å². The van der Waals surface area contributed by atoms with Gasteiger partial charge in [-0.1, -0.05) is 54.1 Å². The first-order chi connectivity index (χ1) is 12.1. The van der Waals surface area contributed by atoms with Gasteiger partial charge in [-0.05, 0) is 24.3 Å². The van der Waals surface area contributed by atoms with E-state index in [1.54, 1.807) is 42.5 Å². The van der Waals surface area contributed by atoms with Gasteiger partial charge in [0.15, 0.2) is 0 Å². The van der Waals surface area contributed by atoms with Crippen molar-refractivity contribution in [3.63, 3.8) is 0 Å². The number of ketones is 1. The normalized spacial score (nSPS) is 10.3. The van der Waals surface area contributed by atoms with Crippen LogP contribution in [-0.4, -0.2) is 11.8 Å². The zero-order valence-corrected chi connectivity index (χ0v) is 14.7. The van der Waals surface area contributed by atoms with Gasteiger partial charge in [0.2, 0.25) is 5.78 Å². The van der Waals surface area contributed by atoms with Crippen molar-refractivity contribution in [3.05, 3.63) is 87.1 Å². The molecule has 1 aromatic heterocycles. The Hall–Kier alpha value is -2.63. The molecule has 0 fully saturated rings. The van der Waals surface area contributed by atoms with Gasteiger partial charge in [0.1, 0.15) is 0 Å². The second kappa shape index (κ2) is 7.96. The van der Waals surface area contributed by atoms with E-state index in [9.17, 15) is 9.59 Å². The van der Waals surface area contributed by atoms with Crippen molar-refractivity contribution >= 4 is 40.4 Å². The van der Waals surface area contributed by atoms with Crippen molar-refractivity contribution in [1.29, 1.82) is 0 Å². The molecule has 0 aliphatic carbocycles. The molecule has 2 amide bonds. The molecule has 6 heteroatoms. The molecule has 0 radical (unpaired) electrons. The second-order valence-electron chi connectivity index (χ2n) is 5.25. The zero-order chi connectivity index (χ0) is 17.6. The SMILES string of the molecule is O=C(NCc1ccc(C(=O)c2ccccc2)s1)Nc1ccccc1Cl. The lowest BCUT2D eigenvalue weighted by molar-refractivity contribution is 0.104. The van der Waals surface area contributed by atoms with Crippen LogP contribution in [0.5, 0.6) is 0 Å². The van der Waals surface area contributed by atoms with Crippen LogP contribution in [0, 0.1) is 0 Å². The third-order valence-electron chi connectivity index (χ3n) is 3.47. The lowest BCUT2D eigenvalue weighted by Gasteiger charge is -2.07. The number of amides is 2. The fraction of sp³-hybridized carbons (Fsp3) is 0.0526. The smallest absolute Gasteiger partial charge is 0.319 e. The monoisotopic (exact) mass is 370 g/mol. The molecule has 2 N–H and O–H groups in total. The molecule has 2 aromatic carbocycles. The Kier molecular flexibility index (Phi) is 5.48. The van der Waals surface area contributed by atoms with Crippen molar-refractivity contribution in [2.24, 2.45) is 0 Å². The fourth-order valence-electron chi connectivity index (χ4n) is 2.22. The minimum absolute atomic E-state index is 0.0163. The minimum Gasteiger partial charge on any atom is -0.333 e. The van der Waals surface area contributed by atoms with Gasteiger partial charge < -0.3 is 10.6 Å². The molecule has 4 nitrogen and oxygen atoms in total. The number of nitrogens with one attached hydrogen (secondary N) is 2. The fourth-order valence-corrected chi connectivity index (χ4v) is 3.32. The number of carbonyl (C=O) groups excluding carboxylic acids is 2. The molecule has 3 aromatic rings. The molecule has 1 heterocycles. The molecule has 0 aliphatic rings. The average Bonchev–Trinajstić information content (AvgIpc) is 3.11. The third kappa shape index (κ3) is 4.47. The highest BCUT2D eigenvalue weighted by Gasteiger charge is 2.12. The number of para-hydroxylation sites is 1. The maximum Gasteiger partial charge on any atom is 0.319 e. The van der Waals surface area contributed by atoms with E-state index in [4.69, 9.17) is 11.6 Å². The Morgan fingerprint density at radius 1 is 0.920 bits per heavy atom. The van der Waals surface area contributed by atoms with Crippen LogP contribution in [0.3, 0.4) is 0 Å². The molecule has 3 rings (SSSR count). The Labute approximate surface area is 154 Å². The van der Waals surface area contributed by atoms with E-state index in [2.05, 4.69) is 10.6 Å². The molecular formula is C19H15ClN2O2S. The molecule has 0 unspecified atom stereocenters. The van der Waals surface area contributed by atoms with E-state index in [-0.39, 0.29) is 11.8 Å². The van der Waals surface area contributed by atoms with Gasteiger partial charge >= 0.3 is 6.03 Å². The number of benzene rings is 2. The van der Waals surface area contributed by atoms with Crippen molar-refractivity contribution in [3.8, 4) is 0 Å². The van der Waals surface area contributed by atoms with Crippen LogP contribution >= 0.6 is 22.9 Å². The molecule has 0 atom stereocenters. The van der Waals surface area contributed by atoms with E-state index < -0.39 is 0 Å². The van der Waals surface area contributed by atoms with Crippen LogP contribution in [-0.2, 0) is 6.54 Å². The summed E-state index contributed by atoms with van der Waals surface area (Å²) in [6, 6.07) is 19.4. The van der Waals surface area contributed by atoms with E-state index in [0.29, 0.717) is 27.7 Å². The number of hydrogen-bond acceptors (Lipinski definition) is 3. The van der Waals surface area contributed by atoms with Gasteiger partial charge in [-0.25, -0.2) is 4.79 Å². The van der Waals surface area contributed by atoms with E-state index in [1.165, 1.54) is 11.3 Å². The van der Waals surface area contributed by atoms with Gasteiger partial charge in [0, 0.05) is 10.4 Å². The second-order valence-corrected chi connectivity index (χ2v) is 6.82. The van der Waals surface area contributed by atoms with Crippen LogP contribution in [0.1, 0.15) is 20.1 Å². The number of carbonyl (C=O) groups is 2. The summed E-state index contributed by atoms with van der Waals surface area (Å²) in [6.45, 7) is 0.336. The summed E-state index contributed by atoms with van der Waals surface area (Å²) < 4.78 is 0. The van der Waals surface area contributed by atoms with E-state index in [0.717, 1.165) is 4.88 Å². The first-order valence-corrected chi connectivity index (χ1v) is 8.81.